The third kappa shape index (κ3) is 3.29. The number of amides is 1. The molecule has 0 saturated heterocycles. The van der Waals surface area contributed by atoms with Crippen molar-refractivity contribution in [2.24, 2.45) is 0 Å². The molecule has 2 rings (SSSR count). The summed E-state index contributed by atoms with van der Waals surface area (Å²) in [4.78, 5) is 13.6. The number of nitriles is 1. The van der Waals surface area contributed by atoms with Gasteiger partial charge in [0.05, 0.1) is 21.9 Å². The summed E-state index contributed by atoms with van der Waals surface area (Å²) in [6.45, 7) is 3.36. The van der Waals surface area contributed by atoms with Crippen molar-refractivity contribution in [1.29, 1.82) is 5.26 Å². The van der Waals surface area contributed by atoms with E-state index in [0.717, 1.165) is 0 Å². The fourth-order valence-corrected chi connectivity index (χ4v) is 2.94. The minimum absolute atomic E-state index is 0.131. The lowest BCUT2D eigenvalue weighted by molar-refractivity contribution is -0.130. The van der Waals surface area contributed by atoms with Crippen molar-refractivity contribution in [2.75, 3.05) is 12.8 Å². The van der Waals surface area contributed by atoms with E-state index >= 15 is 0 Å². The maximum absolute atomic E-state index is 12.2. The molecule has 0 spiro atoms. The molecule has 2 aromatic rings. The molecule has 0 aliphatic carbocycles. The normalized spacial score (nSPS) is 11.5. The van der Waals surface area contributed by atoms with Gasteiger partial charge in [0.2, 0.25) is 5.91 Å². The first-order valence-corrected chi connectivity index (χ1v) is 8.01. The standard InChI is InChI=1S/C13H13Cl2N5OS/c1-13(2,7-16)19(3)10(21)6-22-12-18-17-11-9(15)4-8(14)5-20(11)12/h4-5H,6H2,1-3H3. The maximum Gasteiger partial charge on any atom is 0.234 e. The van der Waals surface area contributed by atoms with E-state index < -0.39 is 5.54 Å². The quantitative estimate of drug-likeness (QED) is 0.786. The third-order valence-electron chi connectivity index (χ3n) is 3.21. The van der Waals surface area contributed by atoms with Crippen molar-refractivity contribution in [1.82, 2.24) is 19.5 Å². The second-order valence-electron chi connectivity index (χ2n) is 5.09. The molecule has 22 heavy (non-hydrogen) atoms. The molecule has 116 valence electrons. The van der Waals surface area contributed by atoms with Crippen molar-refractivity contribution < 1.29 is 4.79 Å². The van der Waals surface area contributed by atoms with Crippen LogP contribution in [0.5, 0.6) is 0 Å². The van der Waals surface area contributed by atoms with E-state index in [4.69, 9.17) is 28.5 Å². The van der Waals surface area contributed by atoms with E-state index in [9.17, 15) is 4.79 Å². The molecule has 1 amide bonds. The predicted molar refractivity (Wildman–Crippen MR) is 86.2 cm³/mol. The maximum atomic E-state index is 12.2. The van der Waals surface area contributed by atoms with Crippen LogP contribution in [0, 0.1) is 11.3 Å². The number of pyridine rings is 1. The number of aromatic nitrogens is 3. The molecule has 0 saturated carbocycles. The summed E-state index contributed by atoms with van der Waals surface area (Å²) in [6.07, 6.45) is 1.64. The molecule has 0 N–H and O–H groups in total. The van der Waals surface area contributed by atoms with Gasteiger partial charge in [-0.25, -0.2) is 0 Å². The van der Waals surface area contributed by atoms with Crippen molar-refractivity contribution in [3.8, 4) is 6.07 Å². The average Bonchev–Trinajstić information content (AvgIpc) is 2.87. The number of thioether (sulfide) groups is 1. The van der Waals surface area contributed by atoms with Gasteiger partial charge in [0.15, 0.2) is 10.8 Å². The van der Waals surface area contributed by atoms with Gasteiger partial charge in [-0.2, -0.15) is 5.26 Å². The van der Waals surface area contributed by atoms with E-state index in [0.29, 0.717) is 20.8 Å². The van der Waals surface area contributed by atoms with Gasteiger partial charge in [-0.3, -0.25) is 9.20 Å². The van der Waals surface area contributed by atoms with Gasteiger partial charge in [0.1, 0.15) is 5.54 Å². The van der Waals surface area contributed by atoms with Crippen LogP contribution < -0.4 is 0 Å². The topological polar surface area (TPSA) is 74.3 Å². The molecule has 2 heterocycles. The summed E-state index contributed by atoms with van der Waals surface area (Å²) in [7, 11) is 1.60. The Balaban J connectivity index is 2.16. The molecule has 2 aromatic heterocycles. The first kappa shape index (κ1) is 16.9. The summed E-state index contributed by atoms with van der Waals surface area (Å²) in [5.41, 5.74) is -0.385. The molecule has 0 aliphatic rings. The number of nitrogens with zero attached hydrogens (tertiary/aromatic N) is 5. The van der Waals surface area contributed by atoms with Crippen molar-refractivity contribution >= 4 is 46.5 Å². The van der Waals surface area contributed by atoms with Gasteiger partial charge in [0, 0.05) is 13.2 Å². The van der Waals surface area contributed by atoms with E-state index in [1.165, 1.54) is 16.7 Å². The molecule has 0 unspecified atom stereocenters. The lowest BCUT2D eigenvalue weighted by Gasteiger charge is -2.28. The Bertz CT molecular complexity index is 768. The van der Waals surface area contributed by atoms with Gasteiger partial charge in [-0.05, 0) is 19.9 Å². The molecule has 0 radical (unpaired) electrons. The van der Waals surface area contributed by atoms with Crippen LogP contribution in [0.1, 0.15) is 13.8 Å². The number of carbonyl (C=O) groups excluding carboxylic acids is 1. The molecular weight excluding hydrogens is 345 g/mol. The first-order valence-electron chi connectivity index (χ1n) is 6.27. The van der Waals surface area contributed by atoms with E-state index in [1.54, 1.807) is 37.6 Å². The summed E-state index contributed by atoms with van der Waals surface area (Å²) in [6, 6.07) is 3.67. The number of halogens is 2. The molecule has 0 bridgehead atoms. The smallest absolute Gasteiger partial charge is 0.234 e. The van der Waals surface area contributed by atoms with E-state index in [2.05, 4.69) is 16.3 Å². The van der Waals surface area contributed by atoms with Crippen LogP contribution in [0.15, 0.2) is 17.4 Å². The molecule has 0 aliphatic heterocycles. The zero-order valence-corrected chi connectivity index (χ0v) is 14.5. The van der Waals surface area contributed by atoms with Crippen molar-refractivity contribution in [2.45, 2.75) is 24.5 Å². The van der Waals surface area contributed by atoms with Crippen LogP contribution in [0.25, 0.3) is 5.65 Å². The van der Waals surface area contributed by atoms with Crippen molar-refractivity contribution in [3.63, 3.8) is 0 Å². The second-order valence-corrected chi connectivity index (χ2v) is 6.88. The Morgan fingerprint density at radius 1 is 1.50 bits per heavy atom. The Hall–Kier alpha value is -1.49. The Labute approximate surface area is 142 Å². The lowest BCUT2D eigenvalue weighted by atomic mass is 10.1. The minimum Gasteiger partial charge on any atom is -0.327 e. The van der Waals surface area contributed by atoms with E-state index in [1.807, 2.05) is 0 Å². The first-order chi connectivity index (χ1) is 10.3. The SMILES string of the molecule is CN(C(=O)CSc1nnc2c(Cl)cc(Cl)cn12)C(C)(C)C#N. The highest BCUT2D eigenvalue weighted by Gasteiger charge is 2.27. The summed E-state index contributed by atoms with van der Waals surface area (Å²) in [5.74, 6) is -0.0478. The largest absolute Gasteiger partial charge is 0.327 e. The summed E-state index contributed by atoms with van der Waals surface area (Å²) < 4.78 is 1.64. The monoisotopic (exact) mass is 357 g/mol. The average molecular weight is 358 g/mol. The van der Waals surface area contributed by atoms with Crippen LogP contribution >= 0.6 is 35.0 Å². The fraction of sp³-hybridized carbons (Fsp3) is 0.385. The predicted octanol–water partition coefficient (Wildman–Crippen LogP) is 2.89. The number of hydrogen-bond donors (Lipinski definition) is 0. The van der Waals surface area contributed by atoms with Crippen LogP contribution in [-0.4, -0.2) is 43.7 Å². The molecule has 6 nitrogen and oxygen atoms in total. The highest BCUT2D eigenvalue weighted by Crippen LogP contribution is 2.25. The molecule has 0 atom stereocenters. The summed E-state index contributed by atoms with van der Waals surface area (Å²) in [5, 5.41) is 18.4. The van der Waals surface area contributed by atoms with Crippen LogP contribution in [0.3, 0.4) is 0 Å². The number of rotatable bonds is 4. The van der Waals surface area contributed by atoms with Crippen LogP contribution in [0.4, 0.5) is 0 Å². The van der Waals surface area contributed by atoms with Gasteiger partial charge < -0.3 is 4.90 Å². The fourth-order valence-electron chi connectivity index (χ4n) is 1.61. The second kappa shape index (κ2) is 6.32. The number of hydrogen-bond acceptors (Lipinski definition) is 5. The number of fused-ring (bicyclic) bond motifs is 1. The highest BCUT2D eigenvalue weighted by molar-refractivity contribution is 7.99. The third-order valence-corrected chi connectivity index (χ3v) is 4.62. The zero-order chi connectivity index (χ0) is 16.5. The number of carbonyl (C=O) groups is 1. The zero-order valence-electron chi connectivity index (χ0n) is 12.2. The molecule has 9 heteroatoms. The highest BCUT2D eigenvalue weighted by atomic mass is 35.5. The van der Waals surface area contributed by atoms with Crippen LogP contribution in [0.2, 0.25) is 10.0 Å². The van der Waals surface area contributed by atoms with E-state index in [-0.39, 0.29) is 11.7 Å². The summed E-state index contributed by atoms with van der Waals surface area (Å²) >= 11 is 13.2. The van der Waals surface area contributed by atoms with Gasteiger partial charge >= 0.3 is 0 Å². The molecule has 0 aromatic carbocycles. The van der Waals surface area contributed by atoms with Gasteiger partial charge in [-0.1, -0.05) is 35.0 Å². The van der Waals surface area contributed by atoms with Gasteiger partial charge in [0.25, 0.3) is 0 Å². The minimum atomic E-state index is -0.864. The Morgan fingerprint density at radius 3 is 2.82 bits per heavy atom. The van der Waals surface area contributed by atoms with Crippen molar-refractivity contribution in [3.05, 3.63) is 22.3 Å². The Kier molecular flexibility index (Phi) is 4.85. The Morgan fingerprint density at radius 2 is 2.18 bits per heavy atom. The molecule has 0 fully saturated rings. The lowest BCUT2D eigenvalue weighted by Crippen LogP contribution is -2.44. The molecular formula is C13H13Cl2N5OS. The van der Waals surface area contributed by atoms with Gasteiger partial charge in [-0.15, -0.1) is 10.2 Å². The van der Waals surface area contributed by atoms with Crippen LogP contribution in [-0.2, 0) is 4.79 Å².